The first-order chi connectivity index (χ1) is 12.1. The van der Waals surface area contributed by atoms with Crippen LogP contribution in [-0.4, -0.2) is 34.1 Å². The van der Waals surface area contributed by atoms with Gasteiger partial charge in [0.15, 0.2) is 0 Å². The molecule has 2 N–H and O–H groups in total. The van der Waals surface area contributed by atoms with E-state index >= 15 is 0 Å². The van der Waals surface area contributed by atoms with Crippen LogP contribution in [0.3, 0.4) is 0 Å². The van der Waals surface area contributed by atoms with E-state index in [9.17, 15) is 15.2 Å². The van der Waals surface area contributed by atoms with Gasteiger partial charge in [-0.15, -0.1) is 0 Å². The van der Waals surface area contributed by atoms with Crippen molar-refractivity contribution in [3.8, 4) is 0 Å². The fourth-order valence-electron chi connectivity index (χ4n) is 3.38. The summed E-state index contributed by atoms with van der Waals surface area (Å²) in [6.45, 7) is 4.68. The highest BCUT2D eigenvalue weighted by atomic mass is 16.6. The van der Waals surface area contributed by atoms with E-state index in [2.05, 4.69) is 29.3 Å². The number of aliphatic hydroxyl groups excluding tert-OH is 1. The Kier molecular flexibility index (Phi) is 5.31. The molecule has 1 aliphatic rings. The molecule has 0 amide bonds. The number of nitrogens with zero attached hydrogens (tertiary/aromatic N) is 2. The molecule has 1 heterocycles. The van der Waals surface area contributed by atoms with Crippen LogP contribution in [0.5, 0.6) is 0 Å². The second kappa shape index (κ2) is 7.63. The maximum Gasteiger partial charge on any atom is 0.292 e. The van der Waals surface area contributed by atoms with Gasteiger partial charge < -0.3 is 10.4 Å². The van der Waals surface area contributed by atoms with Crippen LogP contribution in [0.2, 0.25) is 0 Å². The van der Waals surface area contributed by atoms with E-state index in [0.717, 1.165) is 19.6 Å². The van der Waals surface area contributed by atoms with Gasteiger partial charge in [0.1, 0.15) is 5.69 Å². The van der Waals surface area contributed by atoms with Gasteiger partial charge in [-0.1, -0.05) is 37.3 Å². The molecule has 0 spiro atoms. The van der Waals surface area contributed by atoms with E-state index in [1.54, 1.807) is 12.1 Å². The molecule has 1 fully saturated rings. The number of aliphatic hydroxyl groups is 1. The summed E-state index contributed by atoms with van der Waals surface area (Å²) >= 11 is 0. The van der Waals surface area contributed by atoms with Gasteiger partial charge in [0, 0.05) is 31.7 Å². The first-order valence-corrected chi connectivity index (χ1v) is 8.48. The summed E-state index contributed by atoms with van der Waals surface area (Å²) in [5.74, 6) is 0.376. The average molecular weight is 341 g/mol. The third-order valence-electron chi connectivity index (χ3n) is 4.72. The molecule has 0 radical (unpaired) electrons. The van der Waals surface area contributed by atoms with E-state index in [1.807, 2.05) is 18.2 Å². The molecule has 3 rings (SSSR count). The van der Waals surface area contributed by atoms with E-state index < -0.39 is 0 Å². The highest BCUT2D eigenvalue weighted by Gasteiger charge is 2.31. The van der Waals surface area contributed by atoms with E-state index in [4.69, 9.17) is 0 Å². The Labute approximate surface area is 147 Å². The smallest absolute Gasteiger partial charge is 0.292 e. The lowest BCUT2D eigenvalue weighted by molar-refractivity contribution is -0.384. The lowest BCUT2D eigenvalue weighted by Gasteiger charge is -2.19. The van der Waals surface area contributed by atoms with Crippen molar-refractivity contribution < 1.29 is 10.0 Å². The predicted molar refractivity (Wildman–Crippen MR) is 97.3 cm³/mol. The summed E-state index contributed by atoms with van der Waals surface area (Å²) in [4.78, 5) is 13.3. The van der Waals surface area contributed by atoms with Gasteiger partial charge in [-0.05, 0) is 29.2 Å². The number of nitro groups is 1. The molecule has 2 aromatic carbocycles. The van der Waals surface area contributed by atoms with E-state index in [0.29, 0.717) is 17.2 Å². The molecule has 0 saturated carbocycles. The van der Waals surface area contributed by atoms with Crippen molar-refractivity contribution in [1.82, 2.24) is 4.90 Å². The largest absolute Gasteiger partial charge is 0.392 e. The zero-order valence-electron chi connectivity index (χ0n) is 14.3. The number of nitro benzene ring substituents is 1. The number of rotatable bonds is 6. The summed E-state index contributed by atoms with van der Waals surface area (Å²) in [7, 11) is 0. The summed E-state index contributed by atoms with van der Waals surface area (Å²) < 4.78 is 0. The van der Waals surface area contributed by atoms with Gasteiger partial charge in [0.05, 0.1) is 11.5 Å². The van der Waals surface area contributed by atoms with Gasteiger partial charge in [0.2, 0.25) is 0 Å². The maximum absolute atomic E-state index is 11.3. The first-order valence-electron chi connectivity index (χ1n) is 8.48. The third-order valence-corrected chi connectivity index (χ3v) is 4.72. The topological polar surface area (TPSA) is 78.6 Å². The predicted octanol–water partition coefficient (Wildman–Crippen LogP) is 3.02. The maximum atomic E-state index is 11.3. The van der Waals surface area contributed by atoms with Crippen LogP contribution in [-0.2, 0) is 13.2 Å². The SMILES string of the molecule is CC1CN(Cc2ccccc2)CC1Nc1cc(CO)ccc1[N+](=O)[O-]. The number of benzene rings is 2. The van der Waals surface area contributed by atoms with E-state index in [-0.39, 0.29) is 23.3 Å². The normalized spacial score (nSPS) is 20.6. The standard InChI is InChI=1S/C19H23N3O3/c1-14-10-21(11-15-5-3-2-4-6-15)12-18(14)20-17-9-16(13-23)7-8-19(17)22(24)25/h2-9,14,18,20,23H,10-13H2,1H3. The molecule has 25 heavy (non-hydrogen) atoms. The van der Waals surface area contributed by atoms with Gasteiger partial charge in [-0.2, -0.15) is 0 Å². The molecule has 2 aromatic rings. The highest BCUT2D eigenvalue weighted by Crippen LogP contribution is 2.29. The molecular weight excluding hydrogens is 318 g/mol. The summed E-state index contributed by atoms with van der Waals surface area (Å²) in [5, 5.41) is 23.9. The van der Waals surface area contributed by atoms with Crippen LogP contribution in [0.15, 0.2) is 48.5 Å². The molecule has 0 bridgehead atoms. The Hall–Kier alpha value is -2.44. The Morgan fingerprint density at radius 2 is 1.96 bits per heavy atom. The molecular formula is C19H23N3O3. The van der Waals surface area contributed by atoms with Gasteiger partial charge in [-0.25, -0.2) is 0 Å². The monoisotopic (exact) mass is 341 g/mol. The summed E-state index contributed by atoms with van der Waals surface area (Å²) in [5.41, 5.74) is 2.46. The lowest BCUT2D eigenvalue weighted by Crippen LogP contribution is -2.28. The van der Waals surface area contributed by atoms with E-state index in [1.165, 1.54) is 11.6 Å². The minimum absolute atomic E-state index is 0.0471. The third kappa shape index (κ3) is 4.15. The second-order valence-electron chi connectivity index (χ2n) is 6.67. The number of likely N-dealkylation sites (tertiary alicyclic amines) is 1. The fraction of sp³-hybridized carbons (Fsp3) is 0.368. The molecule has 1 aliphatic heterocycles. The van der Waals surface area contributed by atoms with Crippen LogP contribution >= 0.6 is 0 Å². The van der Waals surface area contributed by atoms with Crippen LogP contribution in [0.25, 0.3) is 0 Å². The Morgan fingerprint density at radius 1 is 1.20 bits per heavy atom. The minimum Gasteiger partial charge on any atom is -0.392 e. The Bertz CT molecular complexity index is 736. The number of hydrogen-bond acceptors (Lipinski definition) is 5. The summed E-state index contributed by atoms with van der Waals surface area (Å²) in [6.07, 6.45) is 0. The Morgan fingerprint density at radius 3 is 2.64 bits per heavy atom. The highest BCUT2D eigenvalue weighted by molar-refractivity contribution is 5.63. The van der Waals surface area contributed by atoms with Crippen LogP contribution in [0.1, 0.15) is 18.1 Å². The van der Waals surface area contributed by atoms with Crippen molar-refractivity contribution in [3.05, 3.63) is 69.8 Å². The zero-order chi connectivity index (χ0) is 17.8. The molecule has 6 heteroatoms. The number of hydrogen-bond donors (Lipinski definition) is 2. The lowest BCUT2D eigenvalue weighted by atomic mass is 10.1. The van der Waals surface area contributed by atoms with Crippen molar-refractivity contribution in [3.63, 3.8) is 0 Å². The molecule has 0 aliphatic carbocycles. The van der Waals surface area contributed by atoms with Crippen molar-refractivity contribution in [1.29, 1.82) is 0 Å². The minimum atomic E-state index is -0.384. The van der Waals surface area contributed by atoms with Crippen LogP contribution < -0.4 is 5.32 Å². The molecule has 0 aromatic heterocycles. The average Bonchev–Trinajstić information content (AvgIpc) is 2.94. The van der Waals surface area contributed by atoms with Crippen molar-refractivity contribution in [2.75, 3.05) is 18.4 Å². The Balaban J connectivity index is 1.72. The van der Waals surface area contributed by atoms with Crippen molar-refractivity contribution >= 4 is 11.4 Å². The molecule has 2 unspecified atom stereocenters. The molecule has 6 nitrogen and oxygen atoms in total. The van der Waals surface area contributed by atoms with Gasteiger partial charge in [-0.3, -0.25) is 15.0 Å². The van der Waals surface area contributed by atoms with Crippen LogP contribution in [0.4, 0.5) is 11.4 Å². The molecule has 1 saturated heterocycles. The number of nitrogens with one attached hydrogen (secondary N) is 1. The zero-order valence-corrected chi connectivity index (χ0v) is 14.3. The molecule has 132 valence electrons. The van der Waals surface area contributed by atoms with Crippen LogP contribution in [0, 0.1) is 16.0 Å². The van der Waals surface area contributed by atoms with Gasteiger partial charge >= 0.3 is 0 Å². The second-order valence-corrected chi connectivity index (χ2v) is 6.67. The summed E-state index contributed by atoms with van der Waals surface area (Å²) in [6, 6.07) is 15.2. The van der Waals surface area contributed by atoms with Gasteiger partial charge in [0.25, 0.3) is 5.69 Å². The van der Waals surface area contributed by atoms with Crippen molar-refractivity contribution in [2.24, 2.45) is 5.92 Å². The fourth-order valence-corrected chi connectivity index (χ4v) is 3.38. The quantitative estimate of drug-likeness (QED) is 0.624. The first kappa shape index (κ1) is 17.4. The number of anilines is 1. The van der Waals surface area contributed by atoms with Crippen molar-refractivity contribution in [2.45, 2.75) is 26.1 Å². The molecule has 2 atom stereocenters.